The molecule has 0 saturated heterocycles. The van der Waals surface area contributed by atoms with Gasteiger partial charge in [0.25, 0.3) is 0 Å². The Labute approximate surface area is 106 Å². The maximum absolute atomic E-state index is 11.7. The van der Waals surface area contributed by atoms with Crippen molar-refractivity contribution < 1.29 is 30.8 Å². The van der Waals surface area contributed by atoms with Gasteiger partial charge in [-0.15, -0.1) is 0 Å². The van der Waals surface area contributed by atoms with Crippen molar-refractivity contribution in [2.24, 2.45) is 0 Å². The van der Waals surface area contributed by atoms with Gasteiger partial charge in [0, 0.05) is 13.6 Å². The second-order valence-electron chi connectivity index (χ2n) is 2.75. The number of rotatable bonds is 3. The second kappa shape index (κ2) is 6.11. The summed E-state index contributed by atoms with van der Waals surface area (Å²) >= 11 is 0. The van der Waals surface area contributed by atoms with Crippen LogP contribution in [0, 0.1) is 12.3 Å². The number of sulfonamides is 1. The molecular weight excluding hydrogens is 395 g/mol. The third kappa shape index (κ3) is 3.49. The second-order valence-corrected chi connectivity index (χ2v) is 4.80. The summed E-state index contributed by atoms with van der Waals surface area (Å²) in [4.78, 5) is 0.234. The zero-order valence-electron chi connectivity index (χ0n) is 8.07. The van der Waals surface area contributed by atoms with E-state index < -0.39 is 10.0 Å². The molecule has 0 aliphatic rings. The van der Waals surface area contributed by atoms with Crippen LogP contribution in [0.4, 0.5) is 0 Å². The first kappa shape index (κ1) is 14.4. The standard InChI is InChI=1S/C10H10NO2S.Au/c1-3-9-11(2)14(12,13)10-7-5-4-6-8-10;/h4-8H,9H2,2H3;/q-1;+1. The van der Waals surface area contributed by atoms with Crippen molar-refractivity contribution in [3.8, 4) is 5.92 Å². The molecule has 0 spiro atoms. The predicted octanol–water partition coefficient (Wildman–Crippen LogP) is 0.894. The fraction of sp³-hybridized carbons (Fsp3) is 0.200. The van der Waals surface area contributed by atoms with E-state index in [1.54, 1.807) is 18.2 Å². The maximum atomic E-state index is 11.7. The van der Waals surface area contributed by atoms with E-state index in [0.717, 1.165) is 4.31 Å². The molecule has 84 valence electrons. The fourth-order valence-electron chi connectivity index (χ4n) is 0.969. The smallest absolute Gasteiger partial charge is 0.692 e. The Bertz CT molecular complexity index is 436. The normalized spacial score (nSPS) is 10.5. The van der Waals surface area contributed by atoms with Crippen LogP contribution < -0.4 is 0 Å². The van der Waals surface area contributed by atoms with Gasteiger partial charge in [-0.2, -0.15) is 4.31 Å². The molecule has 1 aromatic rings. The fourth-order valence-corrected chi connectivity index (χ4v) is 2.06. The molecule has 1 aromatic carbocycles. The van der Waals surface area contributed by atoms with Crippen LogP contribution >= 0.6 is 0 Å². The number of hydrogen-bond acceptors (Lipinski definition) is 2. The van der Waals surface area contributed by atoms with Crippen molar-refractivity contribution in [1.82, 2.24) is 4.31 Å². The molecule has 0 aliphatic heterocycles. The van der Waals surface area contributed by atoms with Crippen LogP contribution in [0.2, 0.25) is 0 Å². The van der Waals surface area contributed by atoms with Crippen molar-refractivity contribution in [2.45, 2.75) is 4.90 Å². The molecule has 15 heavy (non-hydrogen) atoms. The number of hydrogen-bond donors (Lipinski definition) is 0. The molecule has 0 unspecified atom stereocenters. The van der Waals surface area contributed by atoms with E-state index in [1.807, 2.05) is 5.92 Å². The molecule has 5 heteroatoms. The van der Waals surface area contributed by atoms with E-state index in [4.69, 9.17) is 6.42 Å². The third-order valence-electron chi connectivity index (χ3n) is 1.75. The first-order chi connectivity index (χ1) is 6.59. The summed E-state index contributed by atoms with van der Waals surface area (Å²) in [5.41, 5.74) is 0. The van der Waals surface area contributed by atoms with Gasteiger partial charge in [-0.25, -0.2) is 8.42 Å². The van der Waals surface area contributed by atoms with Crippen molar-refractivity contribution in [2.75, 3.05) is 13.6 Å². The molecule has 0 N–H and O–H groups in total. The van der Waals surface area contributed by atoms with E-state index in [-0.39, 0.29) is 33.8 Å². The monoisotopic (exact) mass is 405 g/mol. The Morgan fingerprint density at radius 3 is 2.33 bits per heavy atom. The van der Waals surface area contributed by atoms with Crippen LogP contribution in [0.3, 0.4) is 0 Å². The van der Waals surface area contributed by atoms with Crippen LogP contribution in [0.5, 0.6) is 0 Å². The first-order valence-corrected chi connectivity index (χ1v) is 5.44. The molecule has 1 rings (SSSR count). The largest absolute Gasteiger partial charge is 1.00 e. The van der Waals surface area contributed by atoms with Gasteiger partial charge in [-0.05, 0) is 12.1 Å². The summed E-state index contributed by atoms with van der Waals surface area (Å²) in [6.07, 6.45) is 6.72. The summed E-state index contributed by atoms with van der Waals surface area (Å²) in [6.45, 7) is -0.0305. The Balaban J connectivity index is 0.00000196. The van der Waals surface area contributed by atoms with E-state index in [0.29, 0.717) is 0 Å². The van der Waals surface area contributed by atoms with Crippen LogP contribution in [0.25, 0.3) is 0 Å². The van der Waals surface area contributed by atoms with Gasteiger partial charge in [-0.1, -0.05) is 18.2 Å². The molecule has 0 radical (unpaired) electrons. The van der Waals surface area contributed by atoms with Crippen LogP contribution in [-0.4, -0.2) is 26.3 Å². The molecule has 0 bridgehead atoms. The van der Waals surface area contributed by atoms with Gasteiger partial charge in [0.2, 0.25) is 10.0 Å². The van der Waals surface area contributed by atoms with E-state index in [9.17, 15) is 8.42 Å². The van der Waals surface area contributed by atoms with E-state index >= 15 is 0 Å². The SMILES string of the molecule is [Au+].[C-]#CCN(C)S(=O)(=O)c1ccccc1. The zero-order valence-corrected chi connectivity index (χ0v) is 11.1. The zero-order chi connectivity index (χ0) is 10.6. The Hall–Kier alpha value is -0.570. The van der Waals surface area contributed by atoms with Crippen LogP contribution in [0.1, 0.15) is 0 Å². The average Bonchev–Trinajstić information content (AvgIpc) is 2.19. The van der Waals surface area contributed by atoms with Crippen molar-refractivity contribution >= 4 is 10.0 Å². The van der Waals surface area contributed by atoms with Gasteiger partial charge in [-0.3, -0.25) is 0 Å². The van der Waals surface area contributed by atoms with Gasteiger partial charge >= 0.3 is 22.4 Å². The average molecular weight is 405 g/mol. The molecule has 0 atom stereocenters. The van der Waals surface area contributed by atoms with E-state index in [2.05, 4.69) is 0 Å². The Kier molecular flexibility index (Phi) is 5.88. The summed E-state index contributed by atoms with van der Waals surface area (Å²) in [5, 5.41) is 0. The topological polar surface area (TPSA) is 37.4 Å². The van der Waals surface area contributed by atoms with E-state index in [1.165, 1.54) is 19.2 Å². The maximum Gasteiger partial charge on any atom is 1.00 e. The number of nitrogens with zero attached hydrogens (tertiary/aromatic N) is 1. The molecule has 0 aliphatic carbocycles. The molecule has 3 nitrogen and oxygen atoms in total. The quantitative estimate of drug-likeness (QED) is 0.426. The van der Waals surface area contributed by atoms with Gasteiger partial charge in [0.05, 0.1) is 4.90 Å². The minimum absolute atomic E-state index is 0. The van der Waals surface area contributed by atoms with Crippen molar-refractivity contribution in [1.29, 1.82) is 0 Å². The molecule has 0 aromatic heterocycles. The van der Waals surface area contributed by atoms with Crippen LogP contribution in [-0.2, 0) is 32.4 Å². The molecule has 0 heterocycles. The molecule has 0 amide bonds. The summed E-state index contributed by atoms with van der Waals surface area (Å²) in [6, 6.07) is 8.12. The minimum atomic E-state index is -3.45. The van der Waals surface area contributed by atoms with Crippen LogP contribution in [0.15, 0.2) is 35.2 Å². The minimum Gasteiger partial charge on any atom is -0.692 e. The first-order valence-electron chi connectivity index (χ1n) is 4.00. The molecule has 0 saturated carbocycles. The van der Waals surface area contributed by atoms with Crippen molar-refractivity contribution in [3.63, 3.8) is 0 Å². The summed E-state index contributed by atoms with van der Waals surface area (Å²) in [5.74, 6) is 2.04. The van der Waals surface area contributed by atoms with Gasteiger partial charge in [0.1, 0.15) is 0 Å². The van der Waals surface area contributed by atoms with Gasteiger partial charge < -0.3 is 12.3 Å². The molecular formula is C10H10AuNO2S. The summed E-state index contributed by atoms with van der Waals surface area (Å²) in [7, 11) is -2.03. The Morgan fingerprint density at radius 2 is 1.87 bits per heavy atom. The van der Waals surface area contributed by atoms with Gasteiger partial charge in [0.15, 0.2) is 0 Å². The molecule has 0 fully saturated rings. The Morgan fingerprint density at radius 1 is 1.33 bits per heavy atom. The third-order valence-corrected chi connectivity index (χ3v) is 3.57. The number of benzene rings is 1. The van der Waals surface area contributed by atoms with Crippen molar-refractivity contribution in [3.05, 3.63) is 36.8 Å². The predicted molar refractivity (Wildman–Crippen MR) is 53.4 cm³/mol. The summed E-state index contributed by atoms with van der Waals surface area (Å²) < 4.78 is 24.5.